The molecule has 2 unspecified atom stereocenters. The lowest BCUT2D eigenvalue weighted by atomic mass is 10.0. The largest absolute Gasteiger partial charge is 0.337 e. The lowest BCUT2D eigenvalue weighted by molar-refractivity contribution is 0.0744. The summed E-state index contributed by atoms with van der Waals surface area (Å²) in [6, 6.07) is 0.119. The highest BCUT2D eigenvalue weighted by Gasteiger charge is 2.27. The topological polar surface area (TPSA) is 71.3 Å². The summed E-state index contributed by atoms with van der Waals surface area (Å²) < 4.78 is 5.24. The number of rotatable bonds is 2. The van der Waals surface area contributed by atoms with Crippen LogP contribution in [0.4, 0.5) is 0 Å². The number of likely N-dealkylation sites (tertiary alicyclic amines) is 1. The number of aromatic nitrogens is 2. The van der Waals surface area contributed by atoms with Crippen LogP contribution in [0.5, 0.6) is 0 Å². The molecule has 0 radical (unpaired) electrons. The lowest BCUT2D eigenvalue weighted by Gasteiger charge is -2.18. The summed E-state index contributed by atoms with van der Waals surface area (Å²) in [5.74, 6) is 1.36. The predicted molar refractivity (Wildman–Crippen MR) is 73.2 cm³/mol. The monoisotopic (exact) mass is 278 g/mol. The second-order valence-electron chi connectivity index (χ2n) is 5.93. The van der Waals surface area contributed by atoms with Crippen molar-refractivity contribution in [2.75, 3.05) is 19.6 Å². The van der Waals surface area contributed by atoms with Gasteiger partial charge in [-0.3, -0.25) is 4.79 Å². The van der Waals surface area contributed by atoms with Gasteiger partial charge in [0.15, 0.2) is 0 Å². The van der Waals surface area contributed by atoms with Gasteiger partial charge in [0.05, 0.1) is 6.04 Å². The third-order valence-corrected chi connectivity index (χ3v) is 4.30. The summed E-state index contributed by atoms with van der Waals surface area (Å²) >= 11 is 0. The van der Waals surface area contributed by atoms with E-state index in [1.807, 2.05) is 4.90 Å². The SMILES string of the molecule is CC1CCCN(C(=O)c2noc(C3CCCN3)n2)CC1. The normalized spacial score (nSPS) is 27.6. The smallest absolute Gasteiger partial charge is 0.295 e. The molecule has 0 spiro atoms. The molecule has 0 bridgehead atoms. The molecule has 1 aromatic rings. The summed E-state index contributed by atoms with van der Waals surface area (Å²) in [7, 11) is 0. The van der Waals surface area contributed by atoms with Crippen LogP contribution in [0.3, 0.4) is 0 Å². The number of hydrogen-bond acceptors (Lipinski definition) is 5. The van der Waals surface area contributed by atoms with Gasteiger partial charge in [0.2, 0.25) is 5.89 Å². The Morgan fingerprint density at radius 2 is 2.20 bits per heavy atom. The van der Waals surface area contributed by atoms with E-state index in [9.17, 15) is 4.79 Å². The van der Waals surface area contributed by atoms with Crippen molar-refractivity contribution < 1.29 is 9.32 Å². The van der Waals surface area contributed by atoms with Crippen molar-refractivity contribution in [3.63, 3.8) is 0 Å². The fourth-order valence-corrected chi connectivity index (χ4v) is 2.97. The molecule has 2 atom stereocenters. The van der Waals surface area contributed by atoms with E-state index in [1.165, 1.54) is 6.42 Å². The molecule has 2 aliphatic rings. The molecule has 2 fully saturated rings. The highest BCUT2D eigenvalue weighted by molar-refractivity contribution is 5.90. The van der Waals surface area contributed by atoms with Crippen molar-refractivity contribution >= 4 is 5.91 Å². The average molecular weight is 278 g/mol. The first-order valence-electron chi connectivity index (χ1n) is 7.60. The van der Waals surface area contributed by atoms with Gasteiger partial charge in [-0.15, -0.1) is 0 Å². The summed E-state index contributed by atoms with van der Waals surface area (Å²) in [5, 5.41) is 7.17. The van der Waals surface area contributed by atoms with Crippen LogP contribution in [0.25, 0.3) is 0 Å². The number of carbonyl (C=O) groups is 1. The third kappa shape index (κ3) is 2.85. The lowest BCUT2D eigenvalue weighted by Crippen LogP contribution is -2.32. The van der Waals surface area contributed by atoms with Crippen LogP contribution in [0.15, 0.2) is 4.52 Å². The minimum Gasteiger partial charge on any atom is -0.337 e. The van der Waals surface area contributed by atoms with E-state index in [0.717, 1.165) is 45.3 Å². The Hall–Kier alpha value is -1.43. The Morgan fingerprint density at radius 1 is 1.30 bits per heavy atom. The second kappa shape index (κ2) is 5.91. The van der Waals surface area contributed by atoms with Crippen LogP contribution in [0.1, 0.15) is 61.6 Å². The predicted octanol–water partition coefficient (Wildman–Crippen LogP) is 1.76. The Balaban J connectivity index is 1.67. The molecular weight excluding hydrogens is 256 g/mol. The molecule has 0 aromatic carbocycles. The first-order chi connectivity index (χ1) is 9.74. The minimum absolute atomic E-state index is 0.0907. The van der Waals surface area contributed by atoms with Crippen molar-refractivity contribution in [2.24, 2.45) is 5.92 Å². The second-order valence-corrected chi connectivity index (χ2v) is 5.93. The number of hydrogen-bond donors (Lipinski definition) is 1. The van der Waals surface area contributed by atoms with Crippen molar-refractivity contribution in [3.05, 3.63) is 11.7 Å². The molecule has 1 aromatic heterocycles. The molecule has 3 heterocycles. The Kier molecular flexibility index (Phi) is 4.00. The Labute approximate surface area is 118 Å². The molecule has 0 saturated carbocycles. The van der Waals surface area contributed by atoms with Gasteiger partial charge in [-0.05, 0) is 44.6 Å². The van der Waals surface area contributed by atoms with Crippen LogP contribution in [-0.2, 0) is 0 Å². The maximum absolute atomic E-state index is 12.4. The summed E-state index contributed by atoms with van der Waals surface area (Å²) in [5.41, 5.74) is 0. The number of nitrogens with one attached hydrogen (secondary N) is 1. The molecule has 3 rings (SSSR count). The molecular formula is C14H22N4O2. The Morgan fingerprint density at radius 3 is 3.00 bits per heavy atom. The van der Waals surface area contributed by atoms with Crippen LogP contribution in [0, 0.1) is 5.92 Å². The van der Waals surface area contributed by atoms with E-state index >= 15 is 0 Å². The molecule has 20 heavy (non-hydrogen) atoms. The fraction of sp³-hybridized carbons (Fsp3) is 0.786. The van der Waals surface area contributed by atoms with Crippen LogP contribution >= 0.6 is 0 Å². The van der Waals surface area contributed by atoms with Gasteiger partial charge in [0.1, 0.15) is 0 Å². The number of amides is 1. The summed E-state index contributed by atoms with van der Waals surface area (Å²) in [6.45, 7) is 4.81. The molecule has 6 nitrogen and oxygen atoms in total. The zero-order valence-electron chi connectivity index (χ0n) is 12.0. The van der Waals surface area contributed by atoms with E-state index in [1.54, 1.807) is 0 Å². The van der Waals surface area contributed by atoms with Gasteiger partial charge in [-0.2, -0.15) is 4.98 Å². The van der Waals surface area contributed by atoms with E-state index in [4.69, 9.17) is 4.52 Å². The molecule has 1 amide bonds. The quantitative estimate of drug-likeness (QED) is 0.892. The maximum atomic E-state index is 12.4. The molecule has 1 N–H and O–H groups in total. The van der Waals surface area contributed by atoms with Crippen LogP contribution in [0.2, 0.25) is 0 Å². The zero-order valence-corrected chi connectivity index (χ0v) is 12.0. The molecule has 6 heteroatoms. The molecule has 0 aliphatic carbocycles. The van der Waals surface area contributed by atoms with Crippen molar-refractivity contribution in [1.82, 2.24) is 20.4 Å². The highest BCUT2D eigenvalue weighted by Crippen LogP contribution is 2.22. The van der Waals surface area contributed by atoms with Gasteiger partial charge in [0.25, 0.3) is 11.7 Å². The number of nitrogens with zero attached hydrogens (tertiary/aromatic N) is 3. The summed E-state index contributed by atoms with van der Waals surface area (Å²) in [6.07, 6.45) is 5.41. The minimum atomic E-state index is -0.0907. The van der Waals surface area contributed by atoms with Gasteiger partial charge in [0, 0.05) is 13.1 Å². The third-order valence-electron chi connectivity index (χ3n) is 4.30. The van der Waals surface area contributed by atoms with Gasteiger partial charge in [-0.25, -0.2) is 0 Å². The van der Waals surface area contributed by atoms with Crippen molar-refractivity contribution in [3.8, 4) is 0 Å². The summed E-state index contributed by atoms with van der Waals surface area (Å²) in [4.78, 5) is 18.6. The Bertz CT molecular complexity index is 467. The van der Waals surface area contributed by atoms with Gasteiger partial charge in [-0.1, -0.05) is 12.1 Å². The first kappa shape index (κ1) is 13.5. The molecule has 110 valence electrons. The van der Waals surface area contributed by atoms with Crippen molar-refractivity contribution in [1.29, 1.82) is 0 Å². The van der Waals surface area contributed by atoms with Crippen LogP contribution < -0.4 is 5.32 Å². The molecule has 2 aliphatic heterocycles. The standard InChI is InChI=1S/C14H22N4O2/c1-10-4-3-8-18(9-6-10)14(19)12-16-13(20-17-12)11-5-2-7-15-11/h10-11,15H,2-9H2,1H3. The van der Waals surface area contributed by atoms with Crippen molar-refractivity contribution in [2.45, 2.75) is 45.1 Å². The maximum Gasteiger partial charge on any atom is 0.295 e. The van der Waals surface area contributed by atoms with Crippen LogP contribution in [-0.4, -0.2) is 40.6 Å². The van der Waals surface area contributed by atoms with E-state index in [0.29, 0.717) is 11.8 Å². The first-order valence-corrected chi connectivity index (χ1v) is 7.60. The highest BCUT2D eigenvalue weighted by atomic mass is 16.5. The number of carbonyl (C=O) groups excluding carboxylic acids is 1. The van der Waals surface area contributed by atoms with Gasteiger partial charge < -0.3 is 14.7 Å². The fourth-order valence-electron chi connectivity index (χ4n) is 2.97. The van der Waals surface area contributed by atoms with E-state index < -0.39 is 0 Å². The zero-order chi connectivity index (χ0) is 13.9. The van der Waals surface area contributed by atoms with E-state index in [2.05, 4.69) is 22.4 Å². The van der Waals surface area contributed by atoms with E-state index in [-0.39, 0.29) is 17.8 Å². The molecule has 2 saturated heterocycles. The van der Waals surface area contributed by atoms with Gasteiger partial charge >= 0.3 is 0 Å². The average Bonchev–Trinajstić information content (AvgIpc) is 3.08.